The fraction of sp³-hybridized carbons (Fsp3) is 0.381. The molecule has 0 spiro atoms. The Balaban J connectivity index is 1.38. The van der Waals surface area contributed by atoms with Crippen LogP contribution in [0.25, 0.3) is 0 Å². The molecule has 1 aromatic carbocycles. The molecule has 1 aromatic heterocycles. The lowest BCUT2D eigenvalue weighted by Crippen LogP contribution is -2.40. The number of aromatic nitrogens is 1. The van der Waals surface area contributed by atoms with Crippen LogP contribution in [0.1, 0.15) is 57.9 Å². The zero-order valence-electron chi connectivity index (χ0n) is 15.8. The second-order valence-electron chi connectivity index (χ2n) is 7.33. The number of carbonyl (C=O) groups excluding carboxylic acids is 2. The minimum Gasteiger partial charge on any atom is -0.477 e. The molecule has 2 saturated carbocycles. The molecule has 146 valence electrons. The number of pyridine rings is 1. The molecule has 28 heavy (non-hydrogen) atoms. The normalized spacial score (nSPS) is 15.9. The number of ether oxygens (including phenoxy) is 1. The molecule has 1 N–H and O–H groups in total. The standard InChI is InChI=1S/C21H23N3O4/c1-24(23-19(25)16-5-3-2-4-6-16)28-21(26)17-11-18(15-9-10-15)20(22-12-17)27-13-14-7-8-14/h2-6,11-12,14-15H,7-10,13H2,1H3,(H,23,25). The average molecular weight is 381 g/mol. The van der Waals surface area contributed by atoms with Crippen LogP contribution < -0.4 is 10.2 Å². The summed E-state index contributed by atoms with van der Waals surface area (Å²) in [6, 6.07) is 10.5. The molecule has 0 bridgehead atoms. The number of rotatable bonds is 8. The lowest BCUT2D eigenvalue weighted by atomic mass is 10.1. The number of hydrogen-bond donors (Lipinski definition) is 1. The number of carbonyl (C=O) groups is 2. The van der Waals surface area contributed by atoms with Crippen molar-refractivity contribution in [1.29, 1.82) is 0 Å². The topological polar surface area (TPSA) is 80.8 Å². The first-order chi connectivity index (χ1) is 13.6. The van der Waals surface area contributed by atoms with E-state index in [4.69, 9.17) is 9.57 Å². The quantitative estimate of drug-likeness (QED) is 0.708. The molecule has 0 unspecified atom stereocenters. The monoisotopic (exact) mass is 381 g/mol. The third kappa shape index (κ3) is 4.67. The van der Waals surface area contributed by atoms with E-state index in [1.54, 1.807) is 30.3 Å². The van der Waals surface area contributed by atoms with Gasteiger partial charge in [-0.1, -0.05) is 23.4 Å². The highest BCUT2D eigenvalue weighted by atomic mass is 16.7. The Morgan fingerprint density at radius 1 is 1.14 bits per heavy atom. The predicted molar refractivity (Wildman–Crippen MR) is 102 cm³/mol. The van der Waals surface area contributed by atoms with Crippen LogP contribution in [-0.2, 0) is 4.84 Å². The van der Waals surface area contributed by atoms with Crippen LogP contribution in [0.5, 0.6) is 5.88 Å². The van der Waals surface area contributed by atoms with E-state index < -0.39 is 5.97 Å². The molecule has 0 radical (unpaired) electrons. The summed E-state index contributed by atoms with van der Waals surface area (Å²) in [6.07, 6.45) is 6.04. The van der Waals surface area contributed by atoms with Gasteiger partial charge < -0.3 is 9.57 Å². The fourth-order valence-corrected chi connectivity index (χ4v) is 2.87. The predicted octanol–water partition coefficient (Wildman–Crippen LogP) is 3.10. The van der Waals surface area contributed by atoms with Crippen molar-refractivity contribution in [2.45, 2.75) is 31.6 Å². The number of benzene rings is 1. The Morgan fingerprint density at radius 2 is 1.89 bits per heavy atom. The van der Waals surface area contributed by atoms with Crippen LogP contribution >= 0.6 is 0 Å². The lowest BCUT2D eigenvalue weighted by molar-refractivity contribution is -0.117. The Bertz CT molecular complexity index is 863. The van der Waals surface area contributed by atoms with E-state index in [-0.39, 0.29) is 5.91 Å². The van der Waals surface area contributed by atoms with E-state index in [1.165, 1.54) is 26.1 Å². The Morgan fingerprint density at radius 3 is 2.57 bits per heavy atom. The smallest absolute Gasteiger partial charge is 0.360 e. The lowest BCUT2D eigenvalue weighted by Gasteiger charge is -2.17. The van der Waals surface area contributed by atoms with Gasteiger partial charge in [-0.2, -0.15) is 0 Å². The van der Waals surface area contributed by atoms with E-state index in [1.807, 2.05) is 6.07 Å². The van der Waals surface area contributed by atoms with Gasteiger partial charge in [-0.3, -0.25) is 10.2 Å². The molecular formula is C21H23N3O4. The van der Waals surface area contributed by atoms with Gasteiger partial charge in [0.2, 0.25) is 5.88 Å². The number of hydrogen-bond acceptors (Lipinski definition) is 6. The van der Waals surface area contributed by atoms with Gasteiger partial charge in [0.05, 0.1) is 12.2 Å². The summed E-state index contributed by atoms with van der Waals surface area (Å²) in [5.74, 6) is 0.706. The molecule has 4 rings (SSSR count). The molecule has 2 aliphatic rings. The van der Waals surface area contributed by atoms with Crippen molar-refractivity contribution < 1.29 is 19.2 Å². The molecule has 2 aliphatic carbocycles. The number of nitrogens with one attached hydrogen (secondary N) is 1. The minimum atomic E-state index is -0.584. The van der Waals surface area contributed by atoms with Crippen molar-refractivity contribution in [2.75, 3.05) is 13.7 Å². The van der Waals surface area contributed by atoms with Gasteiger partial charge in [0.15, 0.2) is 0 Å². The van der Waals surface area contributed by atoms with Crippen LogP contribution in [0.3, 0.4) is 0 Å². The van der Waals surface area contributed by atoms with Crippen LogP contribution in [0.15, 0.2) is 42.6 Å². The van der Waals surface area contributed by atoms with Gasteiger partial charge in [0.25, 0.3) is 5.91 Å². The van der Waals surface area contributed by atoms with Crippen molar-refractivity contribution in [3.8, 4) is 5.88 Å². The Kier molecular flexibility index (Phi) is 5.25. The zero-order valence-corrected chi connectivity index (χ0v) is 15.8. The maximum absolute atomic E-state index is 12.5. The summed E-state index contributed by atoms with van der Waals surface area (Å²) in [5, 5.41) is 1.01. The van der Waals surface area contributed by atoms with Gasteiger partial charge >= 0.3 is 5.97 Å². The number of hydrazine groups is 1. The molecule has 2 aromatic rings. The van der Waals surface area contributed by atoms with Crippen molar-refractivity contribution in [3.05, 3.63) is 59.3 Å². The Hall–Kier alpha value is -2.93. The first kappa shape index (κ1) is 18.4. The summed E-state index contributed by atoms with van der Waals surface area (Å²) in [5.41, 5.74) is 4.27. The van der Waals surface area contributed by atoms with Crippen LogP contribution in [0, 0.1) is 5.92 Å². The third-order valence-corrected chi connectivity index (χ3v) is 4.80. The summed E-state index contributed by atoms with van der Waals surface area (Å²) >= 11 is 0. The van der Waals surface area contributed by atoms with Gasteiger partial charge in [-0.25, -0.2) is 9.78 Å². The maximum Gasteiger partial charge on any atom is 0.360 e. The molecule has 2 fully saturated rings. The van der Waals surface area contributed by atoms with Crippen molar-refractivity contribution in [2.24, 2.45) is 5.92 Å². The molecule has 1 amide bonds. The van der Waals surface area contributed by atoms with Crippen molar-refractivity contribution >= 4 is 11.9 Å². The van der Waals surface area contributed by atoms with Crippen molar-refractivity contribution in [3.63, 3.8) is 0 Å². The second kappa shape index (κ2) is 7.98. The third-order valence-electron chi connectivity index (χ3n) is 4.80. The maximum atomic E-state index is 12.5. The van der Waals surface area contributed by atoms with E-state index in [0.717, 1.165) is 23.6 Å². The number of nitrogens with zero attached hydrogens (tertiary/aromatic N) is 2. The second-order valence-corrected chi connectivity index (χ2v) is 7.33. The van der Waals surface area contributed by atoms with Gasteiger partial charge in [0.1, 0.15) is 0 Å². The minimum absolute atomic E-state index is 0.335. The highest BCUT2D eigenvalue weighted by molar-refractivity contribution is 5.94. The molecule has 0 atom stereocenters. The van der Waals surface area contributed by atoms with Crippen LogP contribution in [0.4, 0.5) is 0 Å². The Labute approximate surface area is 163 Å². The summed E-state index contributed by atoms with van der Waals surface area (Å²) in [6.45, 7) is 0.685. The summed E-state index contributed by atoms with van der Waals surface area (Å²) < 4.78 is 5.85. The first-order valence-corrected chi connectivity index (χ1v) is 9.55. The van der Waals surface area contributed by atoms with E-state index >= 15 is 0 Å². The number of amides is 1. The summed E-state index contributed by atoms with van der Waals surface area (Å²) in [4.78, 5) is 34.1. The SMILES string of the molecule is CN(NC(=O)c1ccccc1)OC(=O)c1cnc(OCC2CC2)c(C2CC2)c1. The van der Waals surface area contributed by atoms with E-state index in [0.29, 0.717) is 35.4 Å². The largest absolute Gasteiger partial charge is 0.477 e. The molecule has 7 nitrogen and oxygen atoms in total. The first-order valence-electron chi connectivity index (χ1n) is 9.55. The van der Waals surface area contributed by atoms with E-state index in [2.05, 4.69) is 10.4 Å². The van der Waals surface area contributed by atoms with Crippen LogP contribution in [-0.4, -0.2) is 35.7 Å². The molecule has 7 heteroatoms. The molecule has 0 saturated heterocycles. The number of hydroxylamine groups is 1. The fourth-order valence-electron chi connectivity index (χ4n) is 2.87. The molecule has 1 heterocycles. The van der Waals surface area contributed by atoms with Gasteiger partial charge in [0, 0.05) is 24.4 Å². The van der Waals surface area contributed by atoms with Gasteiger partial charge in [-0.05, 0) is 55.7 Å². The molecule has 0 aliphatic heterocycles. The van der Waals surface area contributed by atoms with Gasteiger partial charge in [-0.15, -0.1) is 0 Å². The highest BCUT2D eigenvalue weighted by Crippen LogP contribution is 2.44. The van der Waals surface area contributed by atoms with E-state index in [9.17, 15) is 9.59 Å². The van der Waals surface area contributed by atoms with Crippen LogP contribution in [0.2, 0.25) is 0 Å². The van der Waals surface area contributed by atoms with Crippen molar-refractivity contribution in [1.82, 2.24) is 15.6 Å². The highest BCUT2D eigenvalue weighted by Gasteiger charge is 2.30. The average Bonchev–Trinajstić information content (AvgIpc) is 3.61. The zero-order chi connectivity index (χ0) is 19.5. The molecular weight excluding hydrogens is 358 g/mol. The summed E-state index contributed by atoms with van der Waals surface area (Å²) in [7, 11) is 1.46.